The second kappa shape index (κ2) is 7.83. The van der Waals surface area contributed by atoms with E-state index in [1.54, 1.807) is 0 Å². The molecule has 1 atom stereocenters. The number of aliphatic hydroxyl groups excluding tert-OH is 1. The van der Waals surface area contributed by atoms with E-state index in [0.29, 0.717) is 0 Å². The Labute approximate surface area is 165 Å². The van der Waals surface area contributed by atoms with Gasteiger partial charge in [0.15, 0.2) is 0 Å². The second-order valence-corrected chi connectivity index (χ2v) is 6.75. The molecule has 0 bridgehead atoms. The third-order valence-electron chi connectivity index (χ3n) is 2.82. The van der Waals surface area contributed by atoms with E-state index in [9.17, 15) is 18.1 Å². The zero-order chi connectivity index (χ0) is 15.8. The van der Waals surface area contributed by atoms with Gasteiger partial charge in [0, 0.05) is 16.1 Å². The van der Waals surface area contributed by atoms with E-state index in [-0.39, 0.29) is 55.8 Å². The van der Waals surface area contributed by atoms with Crippen molar-refractivity contribution in [2.75, 3.05) is 0 Å². The first kappa shape index (κ1) is 20.2. The molecule has 1 N–H and O–H groups in total. The van der Waals surface area contributed by atoms with Crippen molar-refractivity contribution in [3.05, 3.63) is 62.6 Å². The Morgan fingerprint density at radius 1 is 0.955 bits per heavy atom. The van der Waals surface area contributed by atoms with E-state index < -0.39 is 21.1 Å². The van der Waals surface area contributed by atoms with Gasteiger partial charge in [-0.25, -0.2) is 8.42 Å². The van der Waals surface area contributed by atoms with E-state index in [2.05, 4.69) is 0 Å². The monoisotopic (exact) mass is 388 g/mol. The average molecular weight is 390 g/mol. The molecule has 0 aliphatic rings. The van der Waals surface area contributed by atoms with Crippen LogP contribution in [0.3, 0.4) is 0 Å². The van der Waals surface area contributed by atoms with Crippen molar-refractivity contribution in [3.63, 3.8) is 0 Å². The van der Waals surface area contributed by atoms with Crippen LogP contribution in [0.4, 0.5) is 0 Å². The molecular formula is C13H8Cl3NaO4S. The van der Waals surface area contributed by atoms with Gasteiger partial charge in [0.05, 0.1) is 14.9 Å². The van der Waals surface area contributed by atoms with Crippen molar-refractivity contribution in [1.82, 2.24) is 0 Å². The largest absolute Gasteiger partial charge is 1.00 e. The summed E-state index contributed by atoms with van der Waals surface area (Å²) in [5, 5.41) is 10.8. The smallest absolute Gasteiger partial charge is 0.744 e. The fourth-order valence-electron chi connectivity index (χ4n) is 1.85. The number of hydrogen-bond donors (Lipinski definition) is 1. The summed E-state index contributed by atoms with van der Waals surface area (Å²) in [5.41, 5.74) is 0.0787. The van der Waals surface area contributed by atoms with Crippen LogP contribution in [-0.2, 0) is 10.1 Å². The van der Waals surface area contributed by atoms with Crippen LogP contribution in [0, 0.1) is 0 Å². The Bertz CT molecular complexity index is 796. The first-order chi connectivity index (χ1) is 9.71. The summed E-state index contributed by atoms with van der Waals surface area (Å²) in [5.74, 6) is 0. The summed E-state index contributed by atoms with van der Waals surface area (Å²) in [6, 6.07) is 7.99. The van der Waals surface area contributed by atoms with Crippen molar-refractivity contribution in [2.24, 2.45) is 0 Å². The Morgan fingerprint density at radius 3 is 2.09 bits per heavy atom. The summed E-state index contributed by atoms with van der Waals surface area (Å²) in [6.45, 7) is 0. The minimum absolute atomic E-state index is 0. The van der Waals surface area contributed by atoms with E-state index in [1.807, 2.05) is 0 Å². The molecule has 1 unspecified atom stereocenters. The van der Waals surface area contributed by atoms with Crippen LogP contribution >= 0.6 is 34.8 Å². The summed E-state index contributed by atoms with van der Waals surface area (Å²) in [4.78, 5) is -0.514. The molecule has 2 aromatic rings. The fraction of sp³-hybridized carbons (Fsp3) is 0.0769. The second-order valence-electron chi connectivity index (χ2n) is 4.18. The Balaban J connectivity index is 0.00000242. The number of hydrogen-bond acceptors (Lipinski definition) is 4. The van der Waals surface area contributed by atoms with E-state index in [1.165, 1.54) is 30.3 Å². The average Bonchev–Trinajstić information content (AvgIpc) is 2.41. The molecule has 0 amide bonds. The van der Waals surface area contributed by atoms with Gasteiger partial charge in [0.1, 0.15) is 16.2 Å². The molecule has 0 aliphatic heterocycles. The maximum atomic E-state index is 11.2. The summed E-state index contributed by atoms with van der Waals surface area (Å²) >= 11 is 17.6. The van der Waals surface area contributed by atoms with Crippen LogP contribution < -0.4 is 29.6 Å². The molecule has 0 spiro atoms. The molecule has 0 aliphatic carbocycles. The molecule has 4 nitrogen and oxygen atoms in total. The molecule has 0 heterocycles. The van der Waals surface area contributed by atoms with Gasteiger partial charge in [-0.15, -0.1) is 0 Å². The number of benzene rings is 2. The zero-order valence-electron chi connectivity index (χ0n) is 11.3. The van der Waals surface area contributed by atoms with Gasteiger partial charge >= 0.3 is 29.6 Å². The third kappa shape index (κ3) is 4.38. The summed E-state index contributed by atoms with van der Waals surface area (Å²) in [7, 11) is -4.73. The minimum atomic E-state index is -4.73. The SMILES string of the molecule is O=S(=O)([O-])c1ccccc1C(O)c1cc(Cl)c(Cl)cc1Cl.[Na+]. The van der Waals surface area contributed by atoms with Gasteiger partial charge in [0.25, 0.3) is 0 Å². The van der Waals surface area contributed by atoms with Gasteiger partial charge in [-0.1, -0.05) is 53.0 Å². The van der Waals surface area contributed by atoms with Gasteiger partial charge in [-0.3, -0.25) is 0 Å². The van der Waals surface area contributed by atoms with E-state index >= 15 is 0 Å². The maximum Gasteiger partial charge on any atom is 1.00 e. The Hall–Kier alpha value is 0.180. The van der Waals surface area contributed by atoms with Crippen molar-refractivity contribution in [2.45, 2.75) is 11.0 Å². The van der Waals surface area contributed by atoms with Crippen LogP contribution in [0.5, 0.6) is 0 Å². The topological polar surface area (TPSA) is 77.4 Å². The van der Waals surface area contributed by atoms with Crippen molar-refractivity contribution < 1.29 is 47.6 Å². The van der Waals surface area contributed by atoms with Gasteiger partial charge in [-0.05, 0) is 18.2 Å². The molecule has 0 saturated heterocycles. The number of aliphatic hydroxyl groups is 1. The standard InChI is InChI=1S/C13H9Cl3O4S.Na/c14-9-6-11(16)10(15)5-8(9)13(17)7-3-1-2-4-12(7)21(18,19)20;/h1-6,13,17H,(H,18,19,20);/q;+1/p-1. The van der Waals surface area contributed by atoms with Crippen LogP contribution in [0.15, 0.2) is 41.3 Å². The normalized spacial score (nSPS) is 12.6. The molecule has 0 fully saturated rings. The zero-order valence-corrected chi connectivity index (χ0v) is 16.3. The van der Waals surface area contributed by atoms with Gasteiger partial charge < -0.3 is 9.66 Å². The van der Waals surface area contributed by atoms with Crippen LogP contribution in [0.25, 0.3) is 0 Å². The fourth-order valence-corrected chi connectivity index (χ4v) is 3.22. The van der Waals surface area contributed by atoms with Crippen molar-refractivity contribution >= 4 is 44.9 Å². The molecule has 112 valence electrons. The molecule has 0 saturated carbocycles. The van der Waals surface area contributed by atoms with Crippen molar-refractivity contribution in [3.8, 4) is 0 Å². The first-order valence-electron chi connectivity index (χ1n) is 5.59. The molecular weight excluding hydrogens is 382 g/mol. The van der Waals surface area contributed by atoms with Crippen LogP contribution in [0.1, 0.15) is 17.2 Å². The predicted octanol–water partition coefficient (Wildman–Crippen LogP) is 0.637. The molecule has 9 heteroatoms. The van der Waals surface area contributed by atoms with Crippen LogP contribution in [0.2, 0.25) is 15.1 Å². The minimum Gasteiger partial charge on any atom is -0.744 e. The Kier molecular flexibility index (Phi) is 7.20. The van der Waals surface area contributed by atoms with Gasteiger partial charge in [0.2, 0.25) is 0 Å². The van der Waals surface area contributed by atoms with Gasteiger partial charge in [-0.2, -0.15) is 0 Å². The van der Waals surface area contributed by atoms with Crippen molar-refractivity contribution in [1.29, 1.82) is 0 Å². The Morgan fingerprint density at radius 2 is 1.50 bits per heavy atom. The first-order valence-corrected chi connectivity index (χ1v) is 8.13. The molecule has 0 radical (unpaired) electrons. The molecule has 2 aromatic carbocycles. The molecule has 0 aromatic heterocycles. The predicted molar refractivity (Wildman–Crippen MR) is 79.9 cm³/mol. The van der Waals surface area contributed by atoms with E-state index in [4.69, 9.17) is 34.8 Å². The van der Waals surface area contributed by atoms with E-state index in [0.717, 1.165) is 6.07 Å². The quantitative estimate of drug-likeness (QED) is 0.475. The third-order valence-corrected chi connectivity index (χ3v) is 4.78. The maximum absolute atomic E-state index is 11.2. The molecule has 2 rings (SSSR count). The molecule has 22 heavy (non-hydrogen) atoms. The number of halogens is 3. The summed E-state index contributed by atoms with van der Waals surface area (Å²) in [6.07, 6.45) is -1.42. The van der Waals surface area contributed by atoms with Crippen LogP contribution in [-0.4, -0.2) is 18.1 Å². The summed E-state index contributed by atoms with van der Waals surface area (Å²) < 4.78 is 33.7. The number of rotatable bonds is 3.